The zero-order valence-corrected chi connectivity index (χ0v) is 53.6. The third kappa shape index (κ3) is 9.74. The van der Waals surface area contributed by atoms with E-state index >= 15 is 9.59 Å². The van der Waals surface area contributed by atoms with Crippen molar-refractivity contribution in [2.75, 3.05) is 45.8 Å². The van der Waals surface area contributed by atoms with Gasteiger partial charge in [0.05, 0.1) is 10.8 Å². The first-order valence-electron chi connectivity index (χ1n) is 36.5. The number of amides is 3. The average molecular weight is 1180 g/mol. The number of fused-ring (bicyclic) bond motifs is 8. The monoisotopic (exact) mass is 1180 g/mol. The highest BCUT2D eigenvalue weighted by Crippen LogP contribution is 2.78. The molecule has 87 heavy (non-hydrogen) atoms. The Balaban J connectivity index is 0.714. The lowest BCUT2D eigenvalue weighted by molar-refractivity contribution is -0.195. The van der Waals surface area contributed by atoms with Crippen molar-refractivity contribution < 1.29 is 14.4 Å². The molecule has 9 heteroatoms. The highest BCUT2D eigenvalue weighted by Gasteiger charge is 2.72. The third-order valence-electron chi connectivity index (χ3n) is 29.6. The van der Waals surface area contributed by atoms with Crippen LogP contribution in [-0.2, 0) is 30.6 Å². The van der Waals surface area contributed by atoms with E-state index in [2.05, 4.69) is 125 Å². The van der Waals surface area contributed by atoms with E-state index in [9.17, 15) is 4.79 Å². The SMILES string of the molecule is CC[C@]12CC3C[C@](c4ccc(C5C6CC7(C(=O)N[C@@H]8CN9CCC8CC9)C[C@@](c8ccccc8)(C6)C[C@]5(CC)C7)cc4)(CC(C(=O)NC4CCC(CN)CC4)(C1)C3C[C@]13CCC[C@](c4ccccc4)(CC(CCC(=O)N[C@@H]4CN5CCC4CC5)C1)C3)C2. The van der Waals surface area contributed by atoms with Crippen molar-refractivity contribution in [2.24, 2.45) is 74.2 Å². The molecule has 14 bridgehead atoms. The molecule has 17 fully saturated rings. The highest BCUT2D eigenvalue weighted by molar-refractivity contribution is 5.85. The maximum atomic E-state index is 16.4. The molecular weight excluding hydrogens is 1070 g/mol. The molecule has 0 radical (unpaired) electrons. The predicted molar refractivity (Wildman–Crippen MR) is 347 cm³/mol. The van der Waals surface area contributed by atoms with Gasteiger partial charge in [0, 0.05) is 37.6 Å². The minimum atomic E-state index is -0.425. The minimum Gasteiger partial charge on any atom is -0.353 e. The van der Waals surface area contributed by atoms with Gasteiger partial charge in [0.2, 0.25) is 17.7 Å². The second kappa shape index (κ2) is 21.8. The molecule has 17 aliphatic rings. The fraction of sp³-hybridized carbons (Fsp3) is 0.731. The predicted octanol–water partition coefficient (Wildman–Crippen LogP) is 13.7. The Hall–Kier alpha value is -4.05. The maximum Gasteiger partial charge on any atom is 0.226 e. The summed E-state index contributed by atoms with van der Waals surface area (Å²) >= 11 is 0. The molecule has 7 unspecified atom stereocenters. The van der Waals surface area contributed by atoms with Gasteiger partial charge in [0.25, 0.3) is 0 Å². The van der Waals surface area contributed by atoms with Gasteiger partial charge in [-0.05, 0) is 302 Å². The lowest BCUT2D eigenvalue weighted by atomic mass is 9.33. The standard InChI is InChI=1S/C78H108N6O3/c1-3-71-38-58-39-75(46-71,62-21-19-57(20-22-62)68-59-40-76(61-14-9-6-10-15-61)49-73(68,4-2)50-77(41-59,51-76)69(86)82-66-45-84-34-28-56(66)29-35-84)52-78(48-71,70(87)80-63-23-16-53(43-79)17-24-63)64(58)42-72-30-11-31-74(47-72,60-12-7-5-8-13-60)37-54(36-72)18-25-67(85)81-65-44-83-32-26-55(65)27-33-83/h5-10,12-15,19-22,53-56,58-59,63-66,68H,3-4,11,16-18,23-52,79H2,1-2H3,(H,80,87)(H,81,85)(H,82,86)/t53?,54?,58?,59?,63?,64?,65-,66-,68?,71-,72+,73-,74+,75-,76-,77?,78?/m1/s1. The van der Waals surface area contributed by atoms with Crippen molar-refractivity contribution in [3.8, 4) is 0 Å². The first-order chi connectivity index (χ1) is 42.2. The quantitative estimate of drug-likeness (QED) is 0.107. The number of nitrogens with one attached hydrogen (secondary N) is 3. The molecule has 6 saturated heterocycles. The number of hydrogen-bond acceptors (Lipinski definition) is 6. The van der Waals surface area contributed by atoms with Crippen molar-refractivity contribution in [3.63, 3.8) is 0 Å². The molecule has 5 N–H and O–H groups in total. The summed E-state index contributed by atoms with van der Waals surface area (Å²) in [5.74, 6) is 5.10. The number of carbonyl (C=O) groups is 3. The molecule has 468 valence electrons. The summed E-state index contributed by atoms with van der Waals surface area (Å²) in [7, 11) is 0. The number of hydrogen-bond donors (Lipinski definition) is 4. The largest absolute Gasteiger partial charge is 0.353 e. The number of rotatable bonds is 17. The van der Waals surface area contributed by atoms with Crippen LogP contribution in [0.3, 0.4) is 0 Å². The Morgan fingerprint density at radius 1 is 0.529 bits per heavy atom. The Morgan fingerprint density at radius 3 is 1.80 bits per heavy atom. The molecule has 0 aromatic heterocycles. The molecule has 3 amide bonds. The first kappa shape index (κ1) is 58.1. The third-order valence-corrected chi connectivity index (χ3v) is 29.6. The van der Waals surface area contributed by atoms with E-state index < -0.39 is 5.41 Å². The smallest absolute Gasteiger partial charge is 0.226 e. The van der Waals surface area contributed by atoms with Crippen molar-refractivity contribution >= 4 is 17.7 Å². The molecule has 15 atom stereocenters. The van der Waals surface area contributed by atoms with Crippen LogP contribution in [0.2, 0.25) is 0 Å². The lowest BCUT2D eigenvalue weighted by Crippen LogP contribution is -2.68. The van der Waals surface area contributed by atoms with Gasteiger partial charge in [-0.15, -0.1) is 0 Å². The maximum absolute atomic E-state index is 16.4. The molecule has 3 aromatic carbocycles. The summed E-state index contributed by atoms with van der Waals surface area (Å²) < 4.78 is 0. The van der Waals surface area contributed by atoms with Crippen LogP contribution in [0.1, 0.15) is 228 Å². The number of piperidine rings is 6. The van der Waals surface area contributed by atoms with E-state index in [1.54, 1.807) is 0 Å². The highest BCUT2D eigenvalue weighted by atomic mass is 16.2. The number of nitrogens with zero attached hydrogens (tertiary/aromatic N) is 2. The summed E-state index contributed by atoms with van der Waals surface area (Å²) in [5.41, 5.74) is 12.0. The molecule has 6 heterocycles. The summed E-state index contributed by atoms with van der Waals surface area (Å²) in [4.78, 5) is 51.0. The first-order valence-corrected chi connectivity index (χ1v) is 36.5. The molecule has 11 saturated carbocycles. The van der Waals surface area contributed by atoms with Gasteiger partial charge in [-0.3, -0.25) is 14.4 Å². The number of benzene rings is 3. The van der Waals surface area contributed by atoms with Crippen LogP contribution in [0, 0.1) is 68.5 Å². The normalized spacial score (nSPS) is 46.1. The fourth-order valence-corrected chi connectivity index (χ4v) is 26.4. The number of nitrogens with two attached hydrogens (primary N) is 1. The van der Waals surface area contributed by atoms with E-state index in [1.807, 2.05) is 0 Å². The van der Waals surface area contributed by atoms with Crippen molar-refractivity contribution in [2.45, 2.75) is 240 Å². The van der Waals surface area contributed by atoms with Gasteiger partial charge >= 0.3 is 0 Å². The Bertz CT molecular complexity index is 3040. The number of carbonyl (C=O) groups excluding carboxylic acids is 3. The van der Waals surface area contributed by atoms with Crippen LogP contribution in [0.15, 0.2) is 84.9 Å². The molecule has 6 aliphatic heterocycles. The van der Waals surface area contributed by atoms with E-state index in [1.165, 1.54) is 145 Å². The summed E-state index contributed by atoms with van der Waals surface area (Å²) in [6, 6.07) is 34.4. The van der Waals surface area contributed by atoms with E-state index in [-0.39, 0.29) is 55.9 Å². The van der Waals surface area contributed by atoms with E-state index in [0.717, 1.165) is 103 Å². The Morgan fingerprint density at radius 2 is 1.16 bits per heavy atom. The van der Waals surface area contributed by atoms with Crippen LogP contribution in [0.25, 0.3) is 0 Å². The van der Waals surface area contributed by atoms with Crippen LogP contribution in [-0.4, -0.2) is 91.5 Å². The van der Waals surface area contributed by atoms with Gasteiger partial charge in [-0.2, -0.15) is 0 Å². The van der Waals surface area contributed by atoms with Gasteiger partial charge in [-0.1, -0.05) is 112 Å². The second-order valence-electron chi connectivity index (χ2n) is 34.2. The van der Waals surface area contributed by atoms with Gasteiger partial charge in [0.15, 0.2) is 0 Å². The van der Waals surface area contributed by atoms with Crippen LogP contribution < -0.4 is 21.7 Å². The summed E-state index contributed by atoms with van der Waals surface area (Å²) in [6.07, 6.45) is 32.5. The fourth-order valence-electron chi connectivity index (χ4n) is 26.4. The molecule has 20 rings (SSSR count). The van der Waals surface area contributed by atoms with Gasteiger partial charge in [-0.25, -0.2) is 0 Å². The Labute approximate surface area is 522 Å². The lowest BCUT2D eigenvalue weighted by Gasteiger charge is -2.71. The van der Waals surface area contributed by atoms with E-state index in [4.69, 9.17) is 5.73 Å². The van der Waals surface area contributed by atoms with Crippen LogP contribution in [0.4, 0.5) is 0 Å². The minimum absolute atomic E-state index is 0.0199. The van der Waals surface area contributed by atoms with Gasteiger partial charge < -0.3 is 31.5 Å². The summed E-state index contributed by atoms with van der Waals surface area (Å²) in [6.45, 7) is 12.5. The zero-order chi connectivity index (χ0) is 59.0. The van der Waals surface area contributed by atoms with Crippen LogP contribution in [0.5, 0.6) is 0 Å². The van der Waals surface area contributed by atoms with Crippen LogP contribution >= 0.6 is 0 Å². The second-order valence-corrected chi connectivity index (χ2v) is 34.2. The molecule has 3 aromatic rings. The van der Waals surface area contributed by atoms with Gasteiger partial charge in [0.1, 0.15) is 0 Å². The van der Waals surface area contributed by atoms with Crippen molar-refractivity contribution in [1.29, 1.82) is 0 Å². The van der Waals surface area contributed by atoms with E-state index in [0.29, 0.717) is 71.6 Å². The Kier molecular flexibility index (Phi) is 14.5. The molecule has 11 aliphatic carbocycles. The van der Waals surface area contributed by atoms with Crippen molar-refractivity contribution in [3.05, 3.63) is 107 Å². The summed E-state index contributed by atoms with van der Waals surface area (Å²) in [5, 5.41) is 11.4. The molecule has 9 nitrogen and oxygen atoms in total. The zero-order valence-electron chi connectivity index (χ0n) is 53.6. The molecule has 0 spiro atoms. The average Bonchev–Trinajstić information content (AvgIpc) is 0.703. The van der Waals surface area contributed by atoms with Crippen molar-refractivity contribution in [1.82, 2.24) is 25.8 Å². The topological polar surface area (TPSA) is 120 Å². The molecular formula is C78H108N6O3.